The lowest BCUT2D eigenvalue weighted by Crippen LogP contribution is -2.02. The van der Waals surface area contributed by atoms with Gasteiger partial charge < -0.3 is 14.6 Å². The van der Waals surface area contributed by atoms with Gasteiger partial charge in [-0.15, -0.1) is 0 Å². The Morgan fingerprint density at radius 3 is 2.58 bits per heavy atom. The van der Waals surface area contributed by atoms with Crippen LogP contribution >= 0.6 is 0 Å². The van der Waals surface area contributed by atoms with E-state index in [1.165, 1.54) is 0 Å². The third-order valence-electron chi connectivity index (χ3n) is 4.08. The van der Waals surface area contributed by atoms with Gasteiger partial charge in [-0.25, -0.2) is 9.78 Å². The standard InChI is InChI=1S/C21H19NO4/c1-13-7-9-17-15(11-13)12-16(21(23)24)18(22-17)10-8-14-5-4-6-19(25-2)20(14)26-3/h4-12H,1-3H3,(H,23,24). The molecule has 0 bridgehead atoms. The maximum absolute atomic E-state index is 11.7. The van der Waals surface area contributed by atoms with E-state index in [4.69, 9.17) is 9.47 Å². The average molecular weight is 349 g/mol. The second kappa shape index (κ2) is 7.27. The van der Waals surface area contributed by atoms with E-state index >= 15 is 0 Å². The van der Waals surface area contributed by atoms with E-state index in [2.05, 4.69) is 4.98 Å². The van der Waals surface area contributed by atoms with Crippen LogP contribution in [-0.2, 0) is 0 Å². The number of aromatic carboxylic acids is 1. The quantitative estimate of drug-likeness (QED) is 0.738. The second-order valence-electron chi connectivity index (χ2n) is 5.84. The number of aromatic nitrogens is 1. The fourth-order valence-corrected chi connectivity index (χ4v) is 2.82. The Hall–Kier alpha value is -3.34. The molecule has 0 unspecified atom stereocenters. The molecule has 0 saturated heterocycles. The summed E-state index contributed by atoms with van der Waals surface area (Å²) in [6, 6.07) is 12.9. The van der Waals surface area contributed by atoms with Gasteiger partial charge in [0.05, 0.1) is 31.0 Å². The van der Waals surface area contributed by atoms with Crippen molar-refractivity contribution in [2.24, 2.45) is 0 Å². The monoisotopic (exact) mass is 349 g/mol. The summed E-state index contributed by atoms with van der Waals surface area (Å²) in [5.41, 5.74) is 3.12. The van der Waals surface area contributed by atoms with Gasteiger partial charge in [0.1, 0.15) is 0 Å². The molecule has 2 aromatic carbocycles. The molecule has 0 fully saturated rings. The highest BCUT2D eigenvalue weighted by Crippen LogP contribution is 2.32. The summed E-state index contributed by atoms with van der Waals surface area (Å²) in [6.45, 7) is 1.96. The first-order valence-corrected chi connectivity index (χ1v) is 8.07. The SMILES string of the molecule is COc1cccc(C=Cc2nc3ccc(C)cc3cc2C(=O)O)c1OC. The number of nitrogens with zero attached hydrogens (tertiary/aromatic N) is 1. The van der Waals surface area contributed by atoms with Crippen LogP contribution in [0.15, 0.2) is 42.5 Å². The summed E-state index contributed by atoms with van der Waals surface area (Å²) in [7, 11) is 3.13. The smallest absolute Gasteiger partial charge is 0.337 e. The number of aryl methyl sites for hydroxylation is 1. The molecule has 1 aromatic heterocycles. The zero-order valence-corrected chi connectivity index (χ0v) is 14.8. The van der Waals surface area contributed by atoms with Gasteiger partial charge in [-0.05, 0) is 43.3 Å². The van der Waals surface area contributed by atoms with Crippen molar-refractivity contribution in [2.75, 3.05) is 14.2 Å². The Morgan fingerprint density at radius 1 is 1.08 bits per heavy atom. The molecular weight excluding hydrogens is 330 g/mol. The van der Waals surface area contributed by atoms with Gasteiger partial charge in [0.25, 0.3) is 0 Å². The Labute approximate surface area is 151 Å². The number of hydrogen-bond acceptors (Lipinski definition) is 4. The Bertz CT molecular complexity index is 1010. The molecule has 0 saturated carbocycles. The molecule has 0 aliphatic heterocycles. The number of rotatable bonds is 5. The van der Waals surface area contributed by atoms with E-state index < -0.39 is 5.97 Å². The molecule has 0 radical (unpaired) electrons. The highest BCUT2D eigenvalue weighted by Gasteiger charge is 2.12. The van der Waals surface area contributed by atoms with Gasteiger partial charge in [0.15, 0.2) is 11.5 Å². The highest BCUT2D eigenvalue weighted by molar-refractivity contribution is 5.97. The van der Waals surface area contributed by atoms with E-state index in [9.17, 15) is 9.90 Å². The first-order chi connectivity index (χ1) is 12.5. The summed E-state index contributed by atoms with van der Waals surface area (Å²) < 4.78 is 10.7. The van der Waals surface area contributed by atoms with Crippen molar-refractivity contribution in [3.05, 3.63) is 64.8 Å². The largest absolute Gasteiger partial charge is 0.493 e. The van der Waals surface area contributed by atoms with Crippen LogP contribution in [0.3, 0.4) is 0 Å². The molecule has 0 spiro atoms. The predicted octanol–water partition coefficient (Wildman–Crippen LogP) is 4.43. The minimum Gasteiger partial charge on any atom is -0.493 e. The number of ether oxygens (including phenoxy) is 2. The van der Waals surface area contributed by atoms with Gasteiger partial charge in [0.2, 0.25) is 0 Å². The lowest BCUT2D eigenvalue weighted by atomic mass is 10.1. The van der Waals surface area contributed by atoms with Crippen LogP contribution in [0, 0.1) is 6.92 Å². The van der Waals surface area contributed by atoms with E-state index in [0.29, 0.717) is 17.2 Å². The predicted molar refractivity (Wildman–Crippen MR) is 102 cm³/mol. The number of pyridine rings is 1. The minimum atomic E-state index is -1.02. The molecule has 132 valence electrons. The molecule has 1 heterocycles. The lowest BCUT2D eigenvalue weighted by molar-refractivity contribution is 0.0696. The molecular formula is C21H19NO4. The average Bonchev–Trinajstić information content (AvgIpc) is 2.64. The normalized spacial score (nSPS) is 11.0. The summed E-state index contributed by atoms with van der Waals surface area (Å²) >= 11 is 0. The van der Waals surface area contributed by atoms with Crippen LogP contribution in [0.1, 0.15) is 27.2 Å². The third kappa shape index (κ3) is 3.37. The van der Waals surface area contributed by atoms with Crippen molar-refractivity contribution in [1.82, 2.24) is 4.98 Å². The van der Waals surface area contributed by atoms with E-state index in [-0.39, 0.29) is 5.56 Å². The lowest BCUT2D eigenvalue weighted by Gasteiger charge is -2.10. The minimum absolute atomic E-state index is 0.154. The molecule has 3 aromatic rings. The summed E-state index contributed by atoms with van der Waals surface area (Å²) in [5.74, 6) is 0.174. The zero-order chi connectivity index (χ0) is 18.7. The summed E-state index contributed by atoms with van der Waals surface area (Å²) in [4.78, 5) is 16.2. The van der Waals surface area contributed by atoms with Crippen LogP contribution in [0.4, 0.5) is 0 Å². The fraction of sp³-hybridized carbons (Fsp3) is 0.143. The van der Waals surface area contributed by atoms with Gasteiger partial charge in [-0.2, -0.15) is 0 Å². The van der Waals surface area contributed by atoms with Crippen LogP contribution < -0.4 is 9.47 Å². The van der Waals surface area contributed by atoms with Gasteiger partial charge in [0, 0.05) is 10.9 Å². The van der Waals surface area contributed by atoms with Crippen LogP contribution in [0.25, 0.3) is 23.1 Å². The molecule has 3 rings (SSSR count). The van der Waals surface area contributed by atoms with Gasteiger partial charge >= 0.3 is 5.97 Å². The molecule has 0 aliphatic carbocycles. The summed E-state index contributed by atoms with van der Waals surface area (Å²) in [6.07, 6.45) is 3.45. The number of carboxylic acid groups (broad SMARTS) is 1. The molecule has 5 heteroatoms. The molecule has 5 nitrogen and oxygen atoms in total. The van der Waals surface area contributed by atoms with Crippen molar-refractivity contribution in [3.8, 4) is 11.5 Å². The number of carboxylic acids is 1. The topological polar surface area (TPSA) is 68.7 Å². The van der Waals surface area contributed by atoms with Crippen molar-refractivity contribution < 1.29 is 19.4 Å². The number of carbonyl (C=O) groups is 1. The van der Waals surface area contributed by atoms with Gasteiger partial charge in [-0.3, -0.25) is 0 Å². The fourth-order valence-electron chi connectivity index (χ4n) is 2.82. The number of hydrogen-bond donors (Lipinski definition) is 1. The third-order valence-corrected chi connectivity index (χ3v) is 4.08. The van der Waals surface area contributed by atoms with Crippen molar-refractivity contribution in [3.63, 3.8) is 0 Å². The molecule has 1 N–H and O–H groups in total. The molecule has 0 atom stereocenters. The van der Waals surface area contributed by atoms with Crippen LogP contribution in [-0.4, -0.2) is 30.3 Å². The Morgan fingerprint density at radius 2 is 1.88 bits per heavy atom. The van der Waals surface area contributed by atoms with Crippen molar-refractivity contribution in [2.45, 2.75) is 6.92 Å². The van der Waals surface area contributed by atoms with Crippen LogP contribution in [0.2, 0.25) is 0 Å². The van der Waals surface area contributed by atoms with E-state index in [1.807, 2.05) is 37.3 Å². The van der Waals surface area contributed by atoms with Crippen molar-refractivity contribution >= 4 is 29.0 Å². The zero-order valence-electron chi connectivity index (χ0n) is 14.8. The molecule has 0 aliphatic rings. The van der Waals surface area contributed by atoms with Gasteiger partial charge in [-0.1, -0.05) is 23.8 Å². The van der Waals surface area contributed by atoms with E-state index in [1.54, 1.807) is 38.5 Å². The Balaban J connectivity index is 2.11. The Kier molecular flexibility index (Phi) is 4.89. The second-order valence-corrected chi connectivity index (χ2v) is 5.84. The molecule has 0 amide bonds. The number of methoxy groups -OCH3 is 2. The van der Waals surface area contributed by atoms with E-state index in [0.717, 1.165) is 22.0 Å². The molecule has 26 heavy (non-hydrogen) atoms. The first-order valence-electron chi connectivity index (χ1n) is 8.07. The van der Waals surface area contributed by atoms with Crippen molar-refractivity contribution in [1.29, 1.82) is 0 Å². The maximum Gasteiger partial charge on any atom is 0.337 e. The maximum atomic E-state index is 11.7. The van der Waals surface area contributed by atoms with Crippen LogP contribution in [0.5, 0.6) is 11.5 Å². The number of benzene rings is 2. The highest BCUT2D eigenvalue weighted by atomic mass is 16.5. The summed E-state index contributed by atoms with van der Waals surface area (Å²) in [5, 5.41) is 10.4. The first kappa shape index (κ1) is 17.5. The number of fused-ring (bicyclic) bond motifs is 1. The number of para-hydroxylation sites is 1.